The van der Waals surface area contributed by atoms with Gasteiger partial charge in [-0.3, -0.25) is 0 Å². The Hall–Kier alpha value is -11.0. The molecule has 0 aliphatic heterocycles. The van der Waals surface area contributed by atoms with Crippen LogP contribution >= 0.6 is 0 Å². The fraction of sp³-hybridized carbons (Fsp3) is 0. The van der Waals surface area contributed by atoms with Crippen molar-refractivity contribution in [2.75, 3.05) is 0 Å². The van der Waals surface area contributed by atoms with Crippen LogP contribution in [0, 0.1) is 0 Å². The summed E-state index contributed by atoms with van der Waals surface area (Å²) in [7, 11) is 0. The normalized spacial score (nSPS) is 11.7. The lowest BCUT2D eigenvalue weighted by Gasteiger charge is -2.17. The summed E-state index contributed by atoms with van der Waals surface area (Å²) < 4.78 is 7.25. The highest BCUT2D eigenvalue weighted by Crippen LogP contribution is 2.43. The summed E-state index contributed by atoms with van der Waals surface area (Å²) in [6, 6.07) is 101. The molecule has 0 radical (unpaired) electrons. The Morgan fingerprint density at radius 2 is 0.543 bits per heavy atom. The Bertz CT molecular complexity index is 4700. The van der Waals surface area contributed by atoms with E-state index in [0.29, 0.717) is 11.6 Å². The van der Waals surface area contributed by atoms with Gasteiger partial charge in [0.05, 0.1) is 61.6 Å². The minimum Gasteiger partial charge on any atom is -0.309 e. The van der Waals surface area contributed by atoms with Crippen LogP contribution in [0.15, 0.2) is 285 Å². The summed E-state index contributed by atoms with van der Waals surface area (Å²) in [5.41, 5.74) is 18.8. The lowest BCUT2D eigenvalue weighted by molar-refractivity contribution is 1.14. The average molecular weight is 1030 g/mol. The second-order valence-corrected chi connectivity index (χ2v) is 20.6. The fourth-order valence-corrected chi connectivity index (χ4v) is 12.2. The molecule has 16 rings (SSSR count). The van der Waals surface area contributed by atoms with E-state index in [2.05, 4.69) is 262 Å². The molecule has 0 saturated heterocycles. The van der Waals surface area contributed by atoms with Crippen molar-refractivity contribution in [2.45, 2.75) is 0 Å². The zero-order valence-corrected chi connectivity index (χ0v) is 43.8. The van der Waals surface area contributed by atoms with Gasteiger partial charge in [-0.05, 0) is 91.0 Å². The number of hydrogen-bond donors (Lipinski definition) is 0. The lowest BCUT2D eigenvalue weighted by Crippen LogP contribution is -2.03. The largest absolute Gasteiger partial charge is 0.309 e. The molecule has 0 saturated carbocycles. The van der Waals surface area contributed by atoms with Crippen molar-refractivity contribution >= 4 is 65.4 Å². The maximum atomic E-state index is 5.53. The molecule has 0 aliphatic rings. The van der Waals surface area contributed by atoms with Crippen molar-refractivity contribution in [1.29, 1.82) is 0 Å². The molecule has 5 aromatic heterocycles. The number of nitrogens with zero attached hydrogens (tertiary/aromatic N) is 7. The Labute approximate surface area is 466 Å². The zero-order chi connectivity index (χ0) is 53.4. The predicted molar refractivity (Wildman–Crippen MR) is 333 cm³/mol. The lowest BCUT2D eigenvalue weighted by atomic mass is 10.0. The Balaban J connectivity index is 0.998. The van der Waals surface area contributed by atoms with Crippen molar-refractivity contribution in [3.63, 3.8) is 0 Å². The first-order valence-corrected chi connectivity index (χ1v) is 27.4. The van der Waals surface area contributed by atoms with Crippen LogP contribution in [0.3, 0.4) is 0 Å². The smallest absolute Gasteiger partial charge is 0.160 e. The molecule has 0 N–H and O–H groups in total. The van der Waals surface area contributed by atoms with Crippen LogP contribution in [0.2, 0.25) is 0 Å². The van der Waals surface area contributed by atoms with E-state index in [1.54, 1.807) is 0 Å². The maximum absolute atomic E-state index is 5.53. The highest BCUT2D eigenvalue weighted by Gasteiger charge is 2.23. The van der Waals surface area contributed by atoms with Crippen molar-refractivity contribution in [2.24, 2.45) is 0 Å². The van der Waals surface area contributed by atoms with Crippen LogP contribution in [-0.2, 0) is 0 Å². The molecule has 0 bridgehead atoms. The molecule has 7 nitrogen and oxygen atoms in total. The SMILES string of the molecule is c1ccc(-c2cc(-c3ccccc3)nc(-c3ccc(-n4c5ccc(-n6c7ccccc7c7ccccc76)cc5c5cc(-n6c7ccccc7c7ccccc76)ccc54)c(-c4cc(-c5ccccc5)nc(-c5ccccc5)n4)c3)n2)cc1. The molecule has 0 atom stereocenters. The highest BCUT2D eigenvalue weighted by molar-refractivity contribution is 6.14. The third-order valence-electron chi connectivity index (χ3n) is 15.9. The van der Waals surface area contributed by atoms with E-state index in [9.17, 15) is 0 Å². The molecule has 7 heteroatoms. The van der Waals surface area contributed by atoms with Crippen LogP contribution in [0.5, 0.6) is 0 Å². The van der Waals surface area contributed by atoms with Gasteiger partial charge in [-0.2, -0.15) is 0 Å². The van der Waals surface area contributed by atoms with Gasteiger partial charge in [0.25, 0.3) is 0 Å². The molecular formula is C74H47N7. The third-order valence-corrected chi connectivity index (χ3v) is 15.9. The fourth-order valence-electron chi connectivity index (χ4n) is 12.2. The van der Waals surface area contributed by atoms with Gasteiger partial charge in [0.1, 0.15) is 0 Å². The standard InChI is InChI=1S/C74H47N7/c1-5-21-48(22-6-1)62-46-63(49-23-7-2-8-24-49)77-74(76-62)52-37-40-72(61(43-52)65-47-64(50-25-9-3-10-26-50)75-73(78-65)51-27-11-4-12-28-51)81-70-41-38-53(79-66-33-17-13-29-55(66)56-30-14-18-34-67(56)79)44-59(70)60-45-54(39-42-71(60)81)80-68-35-19-15-31-57(68)58-32-16-20-36-69(58)80/h1-47H. The van der Waals surface area contributed by atoms with Gasteiger partial charge in [0.15, 0.2) is 11.6 Å². The molecule has 0 amide bonds. The molecule has 378 valence electrons. The number of rotatable bonds is 9. The molecular weight excluding hydrogens is 987 g/mol. The molecule has 11 aromatic carbocycles. The number of benzene rings is 11. The number of fused-ring (bicyclic) bond motifs is 9. The maximum Gasteiger partial charge on any atom is 0.160 e. The third kappa shape index (κ3) is 7.74. The number of aromatic nitrogens is 7. The summed E-state index contributed by atoms with van der Waals surface area (Å²) in [5.74, 6) is 1.24. The quantitative estimate of drug-likeness (QED) is 0.144. The van der Waals surface area contributed by atoms with Gasteiger partial charge in [0.2, 0.25) is 0 Å². The molecule has 0 unspecified atom stereocenters. The first kappa shape index (κ1) is 46.1. The minimum absolute atomic E-state index is 0.609. The van der Waals surface area contributed by atoms with Gasteiger partial charge in [-0.1, -0.05) is 194 Å². The van der Waals surface area contributed by atoms with Crippen LogP contribution < -0.4 is 0 Å². The topological polar surface area (TPSA) is 66.3 Å². The van der Waals surface area contributed by atoms with Gasteiger partial charge < -0.3 is 13.7 Å². The molecule has 5 heterocycles. The second-order valence-electron chi connectivity index (χ2n) is 20.6. The summed E-state index contributed by atoms with van der Waals surface area (Å²) in [5, 5.41) is 7.11. The summed E-state index contributed by atoms with van der Waals surface area (Å²) >= 11 is 0. The van der Waals surface area contributed by atoms with Crippen molar-refractivity contribution in [1.82, 2.24) is 33.6 Å². The van der Waals surface area contributed by atoms with Crippen LogP contribution in [0.4, 0.5) is 0 Å². The van der Waals surface area contributed by atoms with E-state index < -0.39 is 0 Å². The Kier molecular flexibility index (Phi) is 10.7. The van der Waals surface area contributed by atoms with Crippen LogP contribution in [-0.4, -0.2) is 33.6 Å². The van der Waals surface area contributed by atoms with Crippen LogP contribution in [0.25, 0.3) is 150 Å². The molecule has 16 aromatic rings. The number of para-hydroxylation sites is 4. The summed E-state index contributed by atoms with van der Waals surface area (Å²) in [6.07, 6.45) is 0. The molecule has 0 fully saturated rings. The van der Waals surface area contributed by atoms with Crippen LogP contribution in [0.1, 0.15) is 0 Å². The molecule has 0 aliphatic carbocycles. The molecule has 0 spiro atoms. The van der Waals surface area contributed by atoms with E-state index >= 15 is 0 Å². The van der Waals surface area contributed by atoms with E-state index in [4.69, 9.17) is 19.9 Å². The van der Waals surface area contributed by atoms with Gasteiger partial charge in [-0.25, -0.2) is 19.9 Å². The van der Waals surface area contributed by atoms with Crippen molar-refractivity contribution in [3.05, 3.63) is 285 Å². The van der Waals surface area contributed by atoms with Crippen molar-refractivity contribution < 1.29 is 0 Å². The Morgan fingerprint density at radius 3 is 0.963 bits per heavy atom. The monoisotopic (exact) mass is 1030 g/mol. The van der Waals surface area contributed by atoms with Gasteiger partial charge in [-0.15, -0.1) is 0 Å². The summed E-state index contributed by atoms with van der Waals surface area (Å²) in [4.78, 5) is 21.5. The van der Waals surface area contributed by atoms with E-state index in [0.717, 1.165) is 117 Å². The first-order valence-electron chi connectivity index (χ1n) is 27.4. The highest BCUT2D eigenvalue weighted by atomic mass is 15.0. The van der Waals surface area contributed by atoms with Crippen molar-refractivity contribution in [3.8, 4) is 84.9 Å². The van der Waals surface area contributed by atoms with E-state index in [1.165, 1.54) is 21.5 Å². The van der Waals surface area contributed by atoms with E-state index in [1.807, 2.05) is 36.4 Å². The predicted octanol–water partition coefficient (Wildman–Crippen LogP) is 18.6. The summed E-state index contributed by atoms with van der Waals surface area (Å²) in [6.45, 7) is 0. The van der Waals surface area contributed by atoms with E-state index in [-0.39, 0.29) is 0 Å². The first-order chi connectivity index (χ1) is 40.2. The second kappa shape index (κ2) is 18.9. The average Bonchev–Trinajstić information content (AvgIpc) is 4.01. The Morgan fingerprint density at radius 1 is 0.210 bits per heavy atom. The van der Waals surface area contributed by atoms with Gasteiger partial charge >= 0.3 is 0 Å². The number of hydrogen-bond acceptors (Lipinski definition) is 4. The van der Waals surface area contributed by atoms with Gasteiger partial charge in [0, 0.05) is 77.1 Å². The minimum atomic E-state index is 0.609. The zero-order valence-electron chi connectivity index (χ0n) is 43.8. The molecule has 81 heavy (non-hydrogen) atoms.